The molecule has 1 heterocycles. The molecule has 1 aliphatic rings. The first-order chi connectivity index (χ1) is 20.8. The van der Waals surface area contributed by atoms with Gasteiger partial charge in [0.25, 0.3) is 11.8 Å². The number of fused-ring (bicyclic) bond motifs is 1. The van der Waals surface area contributed by atoms with Crippen molar-refractivity contribution in [1.82, 2.24) is 5.32 Å². The Labute approximate surface area is 258 Å². The highest BCUT2D eigenvalue weighted by Gasteiger charge is 2.19. The van der Waals surface area contributed by atoms with E-state index >= 15 is 0 Å². The second kappa shape index (κ2) is 14.0. The molecular weight excluding hydrogens is 586 g/mol. The summed E-state index contributed by atoms with van der Waals surface area (Å²) < 4.78 is 11.1. The largest absolute Gasteiger partial charge is 0.486 e. The number of anilines is 2. The number of carbonyl (C=O) groups is 3. The monoisotopic (exact) mass is 613 g/mol. The SMILES string of the molecule is CC(Sc1cccc(NC(=O)/C(=C/c2cccc(Cl)c2)NC(=O)c2ccccc2)c1)C(=O)Nc1ccc2c(c1)OCCO2. The van der Waals surface area contributed by atoms with E-state index in [1.807, 2.05) is 6.07 Å². The van der Waals surface area contributed by atoms with E-state index in [9.17, 15) is 14.4 Å². The molecule has 0 fully saturated rings. The number of benzene rings is 4. The number of nitrogens with one attached hydrogen (secondary N) is 3. The van der Waals surface area contributed by atoms with Crippen molar-refractivity contribution >= 4 is 58.5 Å². The van der Waals surface area contributed by atoms with Crippen LogP contribution in [-0.4, -0.2) is 36.2 Å². The summed E-state index contributed by atoms with van der Waals surface area (Å²) in [5, 5.41) is 8.54. The first-order valence-corrected chi connectivity index (χ1v) is 14.7. The first-order valence-electron chi connectivity index (χ1n) is 13.5. The Morgan fingerprint density at radius 1 is 0.814 bits per heavy atom. The highest BCUT2D eigenvalue weighted by Crippen LogP contribution is 2.33. The van der Waals surface area contributed by atoms with Crippen LogP contribution >= 0.6 is 23.4 Å². The molecule has 0 aliphatic carbocycles. The quantitative estimate of drug-likeness (QED) is 0.144. The van der Waals surface area contributed by atoms with Gasteiger partial charge in [-0.3, -0.25) is 14.4 Å². The average Bonchev–Trinajstić information content (AvgIpc) is 3.01. The summed E-state index contributed by atoms with van der Waals surface area (Å²) >= 11 is 7.48. The zero-order valence-corrected chi connectivity index (χ0v) is 24.7. The molecule has 0 spiro atoms. The number of thioether (sulfide) groups is 1. The van der Waals surface area contributed by atoms with Gasteiger partial charge in [-0.05, 0) is 73.2 Å². The normalized spacial score (nSPS) is 13.0. The van der Waals surface area contributed by atoms with E-state index in [4.69, 9.17) is 21.1 Å². The first kappa shape index (κ1) is 29.8. The maximum absolute atomic E-state index is 13.4. The van der Waals surface area contributed by atoms with Crippen LogP contribution in [0.3, 0.4) is 0 Å². The lowest BCUT2D eigenvalue weighted by molar-refractivity contribution is -0.115. The predicted octanol–water partition coefficient (Wildman–Crippen LogP) is 6.64. The Morgan fingerprint density at radius 2 is 1.56 bits per heavy atom. The van der Waals surface area contributed by atoms with Gasteiger partial charge in [0.1, 0.15) is 18.9 Å². The molecule has 3 amide bonds. The van der Waals surface area contributed by atoms with Crippen molar-refractivity contribution in [2.24, 2.45) is 0 Å². The van der Waals surface area contributed by atoms with Crippen LogP contribution in [0.2, 0.25) is 5.02 Å². The van der Waals surface area contributed by atoms with Crippen LogP contribution in [0.5, 0.6) is 11.5 Å². The van der Waals surface area contributed by atoms with Crippen molar-refractivity contribution in [3.05, 3.63) is 119 Å². The van der Waals surface area contributed by atoms with Crippen molar-refractivity contribution in [3.8, 4) is 11.5 Å². The summed E-state index contributed by atoms with van der Waals surface area (Å²) in [4.78, 5) is 40.0. The second-order valence-corrected chi connectivity index (χ2v) is 11.4. The fourth-order valence-corrected chi connectivity index (χ4v) is 5.30. The molecule has 0 saturated carbocycles. The van der Waals surface area contributed by atoms with Gasteiger partial charge in [-0.1, -0.05) is 48.0 Å². The van der Waals surface area contributed by atoms with Gasteiger partial charge in [-0.25, -0.2) is 0 Å². The summed E-state index contributed by atoms with van der Waals surface area (Å²) in [6.07, 6.45) is 1.56. The number of carbonyl (C=O) groups excluding carboxylic acids is 3. The Balaban J connectivity index is 1.26. The summed E-state index contributed by atoms with van der Waals surface area (Å²) in [5.41, 5.74) is 2.21. The summed E-state index contributed by atoms with van der Waals surface area (Å²) in [5.74, 6) is 0.112. The van der Waals surface area contributed by atoms with Gasteiger partial charge in [0.15, 0.2) is 11.5 Å². The van der Waals surface area contributed by atoms with Crippen LogP contribution in [0.15, 0.2) is 108 Å². The third-order valence-electron chi connectivity index (χ3n) is 6.27. The van der Waals surface area contributed by atoms with Crippen molar-refractivity contribution < 1.29 is 23.9 Å². The van der Waals surface area contributed by atoms with Gasteiger partial charge >= 0.3 is 0 Å². The van der Waals surface area contributed by atoms with Crippen LogP contribution in [0, 0.1) is 0 Å². The minimum Gasteiger partial charge on any atom is -0.486 e. The lowest BCUT2D eigenvalue weighted by Crippen LogP contribution is -2.30. The molecule has 0 aromatic heterocycles. The lowest BCUT2D eigenvalue weighted by Gasteiger charge is -2.19. The number of hydrogen-bond acceptors (Lipinski definition) is 6. The number of halogens is 1. The van der Waals surface area contributed by atoms with Gasteiger partial charge < -0.3 is 25.4 Å². The molecule has 0 bridgehead atoms. The van der Waals surface area contributed by atoms with Crippen LogP contribution in [0.4, 0.5) is 11.4 Å². The van der Waals surface area contributed by atoms with Gasteiger partial charge in [0, 0.05) is 32.9 Å². The summed E-state index contributed by atoms with van der Waals surface area (Å²) in [6, 6.07) is 28.0. The third kappa shape index (κ3) is 8.18. The Bertz CT molecular complexity index is 1680. The van der Waals surface area contributed by atoms with Crippen LogP contribution in [-0.2, 0) is 9.59 Å². The second-order valence-electron chi connectivity index (χ2n) is 9.52. The summed E-state index contributed by atoms with van der Waals surface area (Å²) in [7, 11) is 0. The van der Waals surface area contributed by atoms with Gasteiger partial charge in [-0.15, -0.1) is 11.8 Å². The minimum absolute atomic E-state index is 0.0429. The Morgan fingerprint density at radius 3 is 2.35 bits per heavy atom. The maximum Gasteiger partial charge on any atom is 0.272 e. The van der Waals surface area contributed by atoms with E-state index in [1.165, 1.54) is 11.8 Å². The maximum atomic E-state index is 13.4. The van der Waals surface area contributed by atoms with E-state index in [0.717, 1.165) is 4.90 Å². The van der Waals surface area contributed by atoms with Crippen molar-refractivity contribution in [3.63, 3.8) is 0 Å². The molecule has 43 heavy (non-hydrogen) atoms. The molecule has 1 atom stereocenters. The van der Waals surface area contributed by atoms with E-state index in [1.54, 1.807) is 104 Å². The average molecular weight is 614 g/mol. The van der Waals surface area contributed by atoms with E-state index in [0.29, 0.717) is 52.2 Å². The van der Waals surface area contributed by atoms with E-state index in [2.05, 4.69) is 16.0 Å². The van der Waals surface area contributed by atoms with Gasteiger partial charge in [-0.2, -0.15) is 0 Å². The van der Waals surface area contributed by atoms with Crippen molar-refractivity contribution in [2.75, 3.05) is 23.8 Å². The number of ether oxygens (including phenoxy) is 2. The summed E-state index contributed by atoms with van der Waals surface area (Å²) in [6.45, 7) is 2.75. The zero-order chi connectivity index (χ0) is 30.2. The molecule has 218 valence electrons. The predicted molar refractivity (Wildman–Crippen MR) is 170 cm³/mol. The Kier molecular flexibility index (Phi) is 9.66. The smallest absolute Gasteiger partial charge is 0.272 e. The van der Waals surface area contributed by atoms with Gasteiger partial charge in [0.05, 0.1) is 5.25 Å². The standard InChI is InChI=1S/C33H28ClN3O5S/c1-21(31(38)35-26-13-14-29-30(20-26)42-16-15-41-29)43-27-12-6-11-25(19-27)36-33(40)28(18-22-7-5-10-24(34)17-22)37-32(39)23-8-3-2-4-9-23/h2-14,17-21H,15-16H2,1H3,(H,35,38)(H,36,40)(H,37,39)/b28-18-. The number of rotatable bonds is 9. The fraction of sp³-hybridized carbons (Fsp3) is 0.121. The van der Waals surface area contributed by atoms with E-state index < -0.39 is 17.1 Å². The Hall–Kier alpha value is -4.73. The van der Waals surface area contributed by atoms with Gasteiger partial charge in [0.2, 0.25) is 5.91 Å². The topological polar surface area (TPSA) is 106 Å². The highest BCUT2D eigenvalue weighted by atomic mass is 35.5. The molecule has 10 heteroatoms. The zero-order valence-electron chi connectivity index (χ0n) is 23.1. The van der Waals surface area contributed by atoms with Crippen LogP contribution in [0.25, 0.3) is 6.08 Å². The van der Waals surface area contributed by atoms with Crippen molar-refractivity contribution in [1.29, 1.82) is 0 Å². The molecule has 3 N–H and O–H groups in total. The van der Waals surface area contributed by atoms with E-state index in [-0.39, 0.29) is 11.6 Å². The molecular formula is C33H28ClN3O5S. The van der Waals surface area contributed by atoms with Crippen LogP contribution in [0.1, 0.15) is 22.8 Å². The molecule has 4 aromatic rings. The third-order valence-corrected chi connectivity index (χ3v) is 7.60. The molecule has 1 aliphatic heterocycles. The molecule has 1 unspecified atom stereocenters. The lowest BCUT2D eigenvalue weighted by atomic mass is 10.1. The fourth-order valence-electron chi connectivity index (χ4n) is 4.17. The van der Waals surface area contributed by atoms with Crippen LogP contribution < -0.4 is 25.4 Å². The minimum atomic E-state index is -0.518. The van der Waals surface area contributed by atoms with Crippen molar-refractivity contribution in [2.45, 2.75) is 17.1 Å². The molecule has 0 saturated heterocycles. The molecule has 0 radical (unpaired) electrons. The number of amides is 3. The molecule has 5 rings (SSSR count). The molecule has 4 aromatic carbocycles. The highest BCUT2D eigenvalue weighted by molar-refractivity contribution is 8.00. The molecule has 8 nitrogen and oxygen atoms in total. The number of hydrogen-bond donors (Lipinski definition) is 3.